The summed E-state index contributed by atoms with van der Waals surface area (Å²) in [4.78, 5) is 0. The SMILES string of the molecule is CC1CCC(Oc2ccc3cccc(I)c3c2)CC1.CC1CCC(Oc2ccc3cccc(N)c3c2)CC1. The fourth-order valence-electron chi connectivity index (χ4n) is 5.72. The zero-order chi connectivity index (χ0) is 26.5. The Hall–Kier alpha value is -2.47. The molecule has 2 aliphatic rings. The van der Waals surface area contributed by atoms with Crippen LogP contribution in [0.3, 0.4) is 0 Å². The third-order valence-electron chi connectivity index (χ3n) is 8.22. The first kappa shape index (κ1) is 27.1. The van der Waals surface area contributed by atoms with E-state index in [0.717, 1.165) is 34.4 Å². The zero-order valence-electron chi connectivity index (χ0n) is 22.7. The highest BCUT2D eigenvalue weighted by molar-refractivity contribution is 14.1. The summed E-state index contributed by atoms with van der Waals surface area (Å²) in [5.74, 6) is 3.70. The minimum Gasteiger partial charge on any atom is -0.490 e. The maximum Gasteiger partial charge on any atom is 0.120 e. The van der Waals surface area contributed by atoms with E-state index in [0.29, 0.717) is 12.2 Å². The summed E-state index contributed by atoms with van der Waals surface area (Å²) in [6, 6.07) is 25.1. The molecule has 200 valence electrons. The highest BCUT2D eigenvalue weighted by Crippen LogP contribution is 2.31. The van der Waals surface area contributed by atoms with Crippen molar-refractivity contribution in [1.29, 1.82) is 0 Å². The third-order valence-corrected chi connectivity index (χ3v) is 9.16. The van der Waals surface area contributed by atoms with E-state index < -0.39 is 0 Å². The van der Waals surface area contributed by atoms with E-state index in [1.807, 2.05) is 12.1 Å². The molecule has 3 nitrogen and oxygen atoms in total. The van der Waals surface area contributed by atoms with Gasteiger partial charge in [-0.05, 0) is 138 Å². The molecule has 0 amide bonds. The van der Waals surface area contributed by atoms with Crippen molar-refractivity contribution in [3.63, 3.8) is 0 Å². The van der Waals surface area contributed by atoms with Crippen LogP contribution in [0.2, 0.25) is 0 Å². The Morgan fingerprint density at radius 1 is 0.605 bits per heavy atom. The Bertz CT molecular complexity index is 1250. The molecule has 4 aromatic rings. The van der Waals surface area contributed by atoms with E-state index in [9.17, 15) is 0 Å². The van der Waals surface area contributed by atoms with E-state index in [1.54, 1.807) is 0 Å². The number of hydrogen-bond acceptors (Lipinski definition) is 3. The molecule has 4 heteroatoms. The maximum absolute atomic E-state index is 6.16. The molecule has 0 bridgehead atoms. The second-order valence-corrected chi connectivity index (χ2v) is 12.5. The highest BCUT2D eigenvalue weighted by atomic mass is 127. The molecule has 4 aromatic carbocycles. The van der Waals surface area contributed by atoms with Crippen molar-refractivity contribution in [3.05, 3.63) is 76.4 Å². The van der Waals surface area contributed by atoms with Gasteiger partial charge in [0.2, 0.25) is 0 Å². The van der Waals surface area contributed by atoms with Crippen LogP contribution in [0.25, 0.3) is 21.5 Å². The summed E-state index contributed by atoms with van der Waals surface area (Å²) in [6.07, 6.45) is 10.7. The lowest BCUT2D eigenvalue weighted by Crippen LogP contribution is -2.22. The summed E-state index contributed by atoms with van der Waals surface area (Å²) >= 11 is 2.39. The third kappa shape index (κ3) is 6.93. The maximum atomic E-state index is 6.16. The first-order chi connectivity index (χ1) is 18.4. The molecule has 0 aromatic heterocycles. The van der Waals surface area contributed by atoms with Gasteiger partial charge in [-0.3, -0.25) is 0 Å². The average Bonchev–Trinajstić information content (AvgIpc) is 2.93. The van der Waals surface area contributed by atoms with Crippen LogP contribution in [0, 0.1) is 15.4 Å². The summed E-state index contributed by atoms with van der Waals surface area (Å²) < 4.78 is 13.6. The van der Waals surface area contributed by atoms with Gasteiger partial charge < -0.3 is 15.2 Å². The number of hydrogen-bond donors (Lipinski definition) is 1. The van der Waals surface area contributed by atoms with Crippen molar-refractivity contribution in [1.82, 2.24) is 0 Å². The molecule has 2 saturated carbocycles. The molecule has 0 saturated heterocycles. The van der Waals surface area contributed by atoms with Gasteiger partial charge in [-0.25, -0.2) is 0 Å². The lowest BCUT2D eigenvalue weighted by atomic mass is 9.89. The van der Waals surface area contributed by atoms with Crippen molar-refractivity contribution >= 4 is 49.8 Å². The summed E-state index contributed by atoms with van der Waals surface area (Å²) in [7, 11) is 0. The van der Waals surface area contributed by atoms with Gasteiger partial charge in [0.15, 0.2) is 0 Å². The van der Waals surface area contributed by atoms with Gasteiger partial charge in [0, 0.05) is 14.6 Å². The Balaban J connectivity index is 0.000000155. The van der Waals surface area contributed by atoms with E-state index in [1.165, 1.54) is 71.1 Å². The largest absolute Gasteiger partial charge is 0.490 e. The lowest BCUT2D eigenvalue weighted by Gasteiger charge is -2.27. The van der Waals surface area contributed by atoms with Crippen LogP contribution in [0.1, 0.15) is 65.2 Å². The van der Waals surface area contributed by atoms with Crippen LogP contribution in [0.15, 0.2) is 72.8 Å². The highest BCUT2D eigenvalue weighted by Gasteiger charge is 2.20. The first-order valence-electron chi connectivity index (χ1n) is 14.2. The van der Waals surface area contributed by atoms with Gasteiger partial charge in [-0.1, -0.05) is 50.2 Å². The number of benzene rings is 4. The van der Waals surface area contributed by atoms with Gasteiger partial charge in [-0.15, -0.1) is 0 Å². The average molecular weight is 622 g/mol. The summed E-state index contributed by atoms with van der Waals surface area (Å²) in [5, 5.41) is 4.84. The molecule has 0 aliphatic heterocycles. The van der Waals surface area contributed by atoms with Gasteiger partial charge in [0.1, 0.15) is 11.5 Å². The monoisotopic (exact) mass is 621 g/mol. The number of fused-ring (bicyclic) bond motifs is 2. The number of rotatable bonds is 4. The van der Waals surface area contributed by atoms with Crippen LogP contribution in [0.5, 0.6) is 11.5 Å². The van der Waals surface area contributed by atoms with Crippen molar-refractivity contribution in [2.75, 3.05) is 5.73 Å². The Kier molecular flexibility index (Phi) is 8.98. The fourth-order valence-corrected chi connectivity index (χ4v) is 6.39. The van der Waals surface area contributed by atoms with Crippen molar-refractivity contribution in [2.45, 2.75) is 77.4 Å². The fraction of sp³-hybridized carbons (Fsp3) is 0.412. The Morgan fingerprint density at radius 3 is 1.63 bits per heavy atom. The molecule has 0 heterocycles. The molecular formula is C34H40INO2. The van der Waals surface area contributed by atoms with Crippen LogP contribution < -0.4 is 15.2 Å². The first-order valence-corrected chi connectivity index (χ1v) is 15.3. The Labute approximate surface area is 241 Å². The molecule has 6 rings (SSSR count). The molecule has 0 unspecified atom stereocenters. The van der Waals surface area contributed by atoms with Gasteiger partial charge in [-0.2, -0.15) is 0 Å². The number of nitrogen functional groups attached to an aromatic ring is 1. The zero-order valence-corrected chi connectivity index (χ0v) is 24.8. The molecular weight excluding hydrogens is 581 g/mol. The summed E-state index contributed by atoms with van der Waals surface area (Å²) in [5.41, 5.74) is 6.84. The van der Waals surface area contributed by atoms with Crippen molar-refractivity contribution in [2.24, 2.45) is 11.8 Å². The normalized spacial score (nSPS) is 23.4. The van der Waals surface area contributed by atoms with Gasteiger partial charge in [0.05, 0.1) is 12.2 Å². The number of anilines is 1. The predicted octanol–water partition coefficient (Wildman–Crippen LogP) is 9.78. The quantitative estimate of drug-likeness (QED) is 0.182. The second-order valence-electron chi connectivity index (χ2n) is 11.4. The lowest BCUT2D eigenvalue weighted by molar-refractivity contribution is 0.135. The van der Waals surface area contributed by atoms with E-state index in [2.05, 4.69) is 97.1 Å². The van der Waals surface area contributed by atoms with Crippen LogP contribution in [0.4, 0.5) is 5.69 Å². The van der Waals surface area contributed by atoms with Crippen molar-refractivity contribution < 1.29 is 9.47 Å². The van der Waals surface area contributed by atoms with E-state index in [-0.39, 0.29) is 0 Å². The van der Waals surface area contributed by atoms with Gasteiger partial charge >= 0.3 is 0 Å². The van der Waals surface area contributed by atoms with Crippen LogP contribution >= 0.6 is 22.6 Å². The van der Waals surface area contributed by atoms with Gasteiger partial charge in [0.25, 0.3) is 0 Å². The molecule has 0 spiro atoms. The standard InChI is InChI=1S/C17H19IO.C17H21NO/c2*1-12-5-8-14(9-6-12)19-15-10-7-13-3-2-4-17(18)16(13)11-15/h2-4,7,10-12,14H,5-6,8-9H2,1H3;2-4,7,10-12,14H,5-6,8-9,18H2,1H3. The van der Waals surface area contributed by atoms with Crippen LogP contribution in [-0.4, -0.2) is 12.2 Å². The minimum atomic E-state index is 0.374. The molecule has 2 aliphatic carbocycles. The molecule has 38 heavy (non-hydrogen) atoms. The molecule has 2 fully saturated rings. The second kappa shape index (κ2) is 12.6. The molecule has 0 atom stereocenters. The minimum absolute atomic E-state index is 0.374. The topological polar surface area (TPSA) is 44.5 Å². The Morgan fingerprint density at radius 2 is 1.08 bits per heavy atom. The van der Waals surface area contributed by atoms with E-state index in [4.69, 9.17) is 15.2 Å². The smallest absolute Gasteiger partial charge is 0.120 e. The summed E-state index contributed by atoms with van der Waals surface area (Å²) in [6.45, 7) is 4.67. The number of ether oxygens (including phenoxy) is 2. The van der Waals surface area contributed by atoms with E-state index >= 15 is 0 Å². The molecule has 0 radical (unpaired) electrons. The number of nitrogens with two attached hydrogens (primary N) is 1. The van der Waals surface area contributed by atoms with Crippen LogP contribution in [-0.2, 0) is 0 Å². The predicted molar refractivity (Wildman–Crippen MR) is 169 cm³/mol. The van der Waals surface area contributed by atoms with Crippen molar-refractivity contribution in [3.8, 4) is 11.5 Å². The molecule has 2 N–H and O–H groups in total. The number of halogens is 1.